The van der Waals surface area contributed by atoms with Gasteiger partial charge >= 0.3 is 0 Å². The number of sulfonamides is 1. The number of β-amino-alcohol motifs (C(OH)–C–C–N with tert-alkyl or cyclic N) is 1. The molecule has 7 heteroatoms. The summed E-state index contributed by atoms with van der Waals surface area (Å²) in [5, 5.41) is 10.4. The van der Waals surface area contributed by atoms with Crippen molar-refractivity contribution in [3.05, 3.63) is 35.9 Å². The molecule has 2 aromatic rings. The van der Waals surface area contributed by atoms with Crippen LogP contribution in [0.4, 0.5) is 5.69 Å². The minimum atomic E-state index is -3.56. The quantitative estimate of drug-likeness (QED) is 0.912. The molecule has 0 bridgehead atoms. The maximum Gasteiger partial charge on any atom is 0.259 e. The Hall–Kier alpha value is -1.96. The molecular weight excluding hydrogens is 328 g/mol. The van der Waals surface area contributed by atoms with E-state index in [1.165, 1.54) is 9.21 Å². The number of benzene rings is 2. The Bertz CT molecular complexity index is 933. The molecule has 24 heavy (non-hydrogen) atoms. The minimum absolute atomic E-state index is 0.144. The zero-order chi connectivity index (χ0) is 16.9. The summed E-state index contributed by atoms with van der Waals surface area (Å²) in [7, 11) is -3.56. The molecule has 0 spiro atoms. The van der Waals surface area contributed by atoms with E-state index < -0.39 is 10.0 Å². The van der Waals surface area contributed by atoms with Crippen molar-refractivity contribution in [3.8, 4) is 0 Å². The third-order valence-electron chi connectivity index (χ3n) is 4.75. The van der Waals surface area contributed by atoms with Crippen LogP contribution in [0.5, 0.6) is 0 Å². The molecule has 1 saturated heterocycles. The molecule has 2 aliphatic heterocycles. The lowest BCUT2D eigenvalue weighted by atomic mass is 10.1. The molecule has 4 rings (SSSR count). The van der Waals surface area contributed by atoms with Crippen LogP contribution in [0.25, 0.3) is 10.8 Å². The first-order valence-corrected chi connectivity index (χ1v) is 9.48. The van der Waals surface area contributed by atoms with Crippen molar-refractivity contribution in [2.75, 3.05) is 31.1 Å². The second kappa shape index (κ2) is 5.54. The van der Waals surface area contributed by atoms with Gasteiger partial charge in [0, 0.05) is 36.0 Å². The summed E-state index contributed by atoms with van der Waals surface area (Å²) in [6.45, 7) is 1.14. The number of aliphatic hydroxyl groups excluding tert-OH is 1. The van der Waals surface area contributed by atoms with Gasteiger partial charge in [0.15, 0.2) is 0 Å². The molecule has 2 heterocycles. The zero-order valence-corrected chi connectivity index (χ0v) is 13.9. The van der Waals surface area contributed by atoms with Crippen molar-refractivity contribution in [3.63, 3.8) is 0 Å². The van der Waals surface area contributed by atoms with Crippen LogP contribution in [0, 0.1) is 0 Å². The van der Waals surface area contributed by atoms with Crippen molar-refractivity contribution in [1.82, 2.24) is 4.31 Å². The summed E-state index contributed by atoms with van der Waals surface area (Å²) >= 11 is 0. The van der Waals surface area contributed by atoms with Crippen LogP contribution in [0.15, 0.2) is 35.2 Å². The van der Waals surface area contributed by atoms with Gasteiger partial charge in [-0.25, -0.2) is 8.42 Å². The molecule has 1 N–H and O–H groups in total. The predicted octanol–water partition coefficient (Wildman–Crippen LogP) is 1.58. The Morgan fingerprint density at radius 3 is 2.54 bits per heavy atom. The molecule has 0 atom stereocenters. The van der Waals surface area contributed by atoms with Gasteiger partial charge in [0.05, 0.1) is 17.2 Å². The SMILES string of the molecule is O=C1c2cccc3c(S(=O)(=O)N4CCCC4)ccc(c23)N1CCO. The molecule has 1 amide bonds. The summed E-state index contributed by atoms with van der Waals surface area (Å²) in [5.74, 6) is -0.194. The van der Waals surface area contributed by atoms with E-state index in [0.717, 1.165) is 12.8 Å². The minimum Gasteiger partial charge on any atom is -0.395 e. The van der Waals surface area contributed by atoms with E-state index in [2.05, 4.69) is 0 Å². The number of hydrogen-bond donors (Lipinski definition) is 1. The summed E-state index contributed by atoms with van der Waals surface area (Å²) in [6, 6.07) is 8.43. The van der Waals surface area contributed by atoms with Gasteiger partial charge in [-0.05, 0) is 31.0 Å². The summed E-state index contributed by atoms with van der Waals surface area (Å²) in [4.78, 5) is 14.3. The van der Waals surface area contributed by atoms with Crippen LogP contribution in [0.3, 0.4) is 0 Å². The molecule has 126 valence electrons. The Labute approximate surface area is 140 Å². The van der Waals surface area contributed by atoms with Crippen molar-refractivity contribution in [2.45, 2.75) is 17.7 Å². The molecule has 6 nitrogen and oxygen atoms in total. The van der Waals surface area contributed by atoms with Gasteiger partial charge in [0.25, 0.3) is 5.91 Å². The van der Waals surface area contributed by atoms with Gasteiger partial charge in [0.1, 0.15) is 0 Å². The van der Waals surface area contributed by atoms with E-state index in [-0.39, 0.29) is 24.0 Å². The second-order valence-corrected chi connectivity index (χ2v) is 8.01. The second-order valence-electron chi connectivity index (χ2n) is 6.10. The standard InChI is InChI=1S/C17H18N2O4S/c20-11-10-19-14-6-7-15(24(22,23)18-8-1-2-9-18)12-4-3-5-13(16(12)14)17(19)21/h3-7,20H,1-2,8-11H2. The number of nitrogens with zero attached hydrogens (tertiary/aromatic N) is 2. The highest BCUT2D eigenvalue weighted by Gasteiger charge is 2.34. The van der Waals surface area contributed by atoms with Gasteiger partial charge in [-0.2, -0.15) is 4.31 Å². The van der Waals surface area contributed by atoms with E-state index in [0.29, 0.717) is 35.1 Å². The molecule has 0 aromatic heterocycles. The first-order chi connectivity index (χ1) is 11.6. The number of carbonyl (C=O) groups excluding carboxylic acids is 1. The number of carbonyl (C=O) groups is 1. The lowest BCUT2D eigenvalue weighted by Gasteiger charge is -2.19. The van der Waals surface area contributed by atoms with Crippen molar-refractivity contribution in [1.29, 1.82) is 0 Å². The molecule has 0 unspecified atom stereocenters. The average molecular weight is 346 g/mol. The van der Waals surface area contributed by atoms with Crippen molar-refractivity contribution < 1.29 is 18.3 Å². The molecule has 0 saturated carbocycles. The van der Waals surface area contributed by atoms with Crippen LogP contribution >= 0.6 is 0 Å². The molecule has 2 aromatic carbocycles. The van der Waals surface area contributed by atoms with Gasteiger partial charge in [-0.3, -0.25) is 4.79 Å². The monoisotopic (exact) mass is 346 g/mol. The number of amides is 1. The van der Waals surface area contributed by atoms with Gasteiger partial charge in [-0.15, -0.1) is 0 Å². The van der Waals surface area contributed by atoms with Crippen LogP contribution in [0.1, 0.15) is 23.2 Å². The van der Waals surface area contributed by atoms with E-state index in [4.69, 9.17) is 0 Å². The predicted molar refractivity (Wildman–Crippen MR) is 90.7 cm³/mol. The number of rotatable bonds is 4. The highest BCUT2D eigenvalue weighted by atomic mass is 32.2. The number of hydrogen-bond acceptors (Lipinski definition) is 4. The Morgan fingerprint density at radius 2 is 1.83 bits per heavy atom. The lowest BCUT2D eigenvalue weighted by Crippen LogP contribution is -2.29. The molecule has 1 fully saturated rings. The molecule has 0 radical (unpaired) electrons. The summed E-state index contributed by atoms with van der Waals surface area (Å²) < 4.78 is 27.4. The van der Waals surface area contributed by atoms with E-state index in [9.17, 15) is 18.3 Å². The van der Waals surface area contributed by atoms with Crippen LogP contribution in [0.2, 0.25) is 0 Å². The molecule has 0 aliphatic carbocycles. The first-order valence-electron chi connectivity index (χ1n) is 8.04. The molecular formula is C17H18N2O4S. The Kier molecular flexibility index (Phi) is 3.59. The smallest absolute Gasteiger partial charge is 0.259 e. The van der Waals surface area contributed by atoms with Gasteiger partial charge in [-0.1, -0.05) is 12.1 Å². The van der Waals surface area contributed by atoms with E-state index in [1.807, 2.05) is 0 Å². The number of aliphatic hydroxyl groups is 1. The van der Waals surface area contributed by atoms with Crippen LogP contribution in [-0.4, -0.2) is 50.0 Å². The zero-order valence-electron chi connectivity index (χ0n) is 13.1. The Balaban J connectivity index is 1.94. The van der Waals surface area contributed by atoms with Crippen LogP contribution in [-0.2, 0) is 10.0 Å². The largest absolute Gasteiger partial charge is 0.395 e. The fourth-order valence-electron chi connectivity index (χ4n) is 3.63. The summed E-state index contributed by atoms with van der Waals surface area (Å²) in [6.07, 6.45) is 1.76. The highest BCUT2D eigenvalue weighted by molar-refractivity contribution is 7.89. The van der Waals surface area contributed by atoms with Gasteiger partial charge < -0.3 is 10.0 Å². The van der Waals surface area contributed by atoms with Crippen molar-refractivity contribution >= 4 is 32.4 Å². The molecule has 2 aliphatic rings. The van der Waals surface area contributed by atoms with Crippen molar-refractivity contribution in [2.24, 2.45) is 0 Å². The third-order valence-corrected chi connectivity index (χ3v) is 6.71. The number of anilines is 1. The summed E-state index contributed by atoms with van der Waals surface area (Å²) in [5.41, 5.74) is 1.16. The lowest BCUT2D eigenvalue weighted by molar-refractivity contribution is 0.0987. The third kappa shape index (κ3) is 2.08. The van der Waals surface area contributed by atoms with E-state index in [1.54, 1.807) is 30.3 Å². The normalized spacial score (nSPS) is 18.0. The topological polar surface area (TPSA) is 77.9 Å². The fourth-order valence-corrected chi connectivity index (χ4v) is 5.34. The maximum atomic E-state index is 13.0. The highest BCUT2D eigenvalue weighted by Crippen LogP contribution is 2.40. The first kappa shape index (κ1) is 15.6. The maximum absolute atomic E-state index is 13.0. The van der Waals surface area contributed by atoms with Gasteiger partial charge in [0.2, 0.25) is 10.0 Å². The fraction of sp³-hybridized carbons (Fsp3) is 0.353. The van der Waals surface area contributed by atoms with E-state index >= 15 is 0 Å². The van der Waals surface area contributed by atoms with Crippen LogP contribution < -0.4 is 4.90 Å². The Morgan fingerprint density at radius 1 is 1.08 bits per heavy atom. The average Bonchev–Trinajstić information content (AvgIpc) is 3.20.